The number of hydrogen-bond donors (Lipinski definition) is 0. The first-order valence-electron chi connectivity index (χ1n) is 44.0. The van der Waals surface area contributed by atoms with E-state index in [2.05, 4.69) is 34.6 Å². The van der Waals surface area contributed by atoms with Crippen molar-refractivity contribution in [2.24, 2.45) is 109 Å². The molecule has 18 heteroatoms. The van der Waals surface area contributed by atoms with Crippen molar-refractivity contribution in [2.45, 2.75) is 415 Å². The predicted octanol–water partition coefficient (Wildman–Crippen LogP) is 21.6. The Labute approximate surface area is 662 Å². The monoisotopic (exact) mass is 1540 g/mol. The van der Waals surface area contributed by atoms with Crippen molar-refractivity contribution in [1.82, 2.24) is 0 Å². The van der Waals surface area contributed by atoms with Crippen LogP contribution in [-0.4, -0.2) is 112 Å². The molecule has 10 bridgehead atoms. The molecule has 20 unspecified atom stereocenters. The fourth-order valence-electron chi connectivity index (χ4n) is 17.1. The van der Waals surface area contributed by atoms with E-state index in [1.807, 2.05) is 138 Å². The zero-order valence-corrected chi connectivity index (χ0v) is 73.6. The maximum absolute atomic E-state index is 12.4. The molecule has 20 atom stereocenters. The van der Waals surface area contributed by atoms with Crippen LogP contribution in [0.15, 0.2) is 0 Å². The van der Waals surface area contributed by atoms with Crippen molar-refractivity contribution < 1.29 is 85.6 Å². The highest BCUT2D eigenvalue weighted by Crippen LogP contribution is 2.52. The van der Waals surface area contributed by atoms with Crippen LogP contribution in [0.5, 0.6) is 0 Å². The minimum Gasteiger partial charge on any atom is -0.438 e. The predicted molar refractivity (Wildman–Crippen MR) is 426 cm³/mol. The third-order valence-corrected chi connectivity index (χ3v) is 27.8. The van der Waals surface area contributed by atoms with Crippen molar-refractivity contribution in [1.29, 1.82) is 0 Å². The SMILES string of the molecule is CCC(C)(C)C(=O)OC(C)OC1CC2CCC1C2.CCC(C)(C)C(=O)OC(OC1CC2CCC1C2)C(C)(C)C.CCC(C)(C)C(=O)OC(OC1CC2CCC1C2)C(C)C.CCC(C)(C)C(=O)OC1CCCO1.CCC(C)(C)C(=O)OCOCC1CC2CCC1C2.CCC(OC(=O)C(C)(C)CC)OC1CC2CCC1C2. The fourth-order valence-corrected chi connectivity index (χ4v) is 17.1. The van der Waals surface area contributed by atoms with Gasteiger partial charge >= 0.3 is 35.8 Å². The summed E-state index contributed by atoms with van der Waals surface area (Å²) in [7, 11) is 0. The van der Waals surface area contributed by atoms with Gasteiger partial charge in [0, 0.05) is 24.2 Å². The van der Waals surface area contributed by atoms with Gasteiger partial charge in [-0.1, -0.05) is 89.5 Å². The zero-order chi connectivity index (χ0) is 81.2. The molecule has 10 saturated carbocycles. The van der Waals surface area contributed by atoms with Gasteiger partial charge < -0.3 is 56.8 Å². The first kappa shape index (κ1) is 94.4. The van der Waals surface area contributed by atoms with E-state index in [0.717, 1.165) is 126 Å². The maximum atomic E-state index is 12.4. The number of rotatable bonds is 31. The van der Waals surface area contributed by atoms with Gasteiger partial charge in [-0.05, 0) is 322 Å². The molecule has 0 amide bonds. The zero-order valence-electron chi connectivity index (χ0n) is 73.6. The number of hydrogen-bond acceptors (Lipinski definition) is 18. The van der Waals surface area contributed by atoms with Crippen LogP contribution < -0.4 is 0 Å². The second-order valence-electron chi connectivity index (χ2n) is 40.4. The molecule has 1 aliphatic heterocycles. The highest BCUT2D eigenvalue weighted by Gasteiger charge is 2.48. The summed E-state index contributed by atoms with van der Waals surface area (Å²) in [6.07, 6.45) is 32.6. The highest BCUT2D eigenvalue weighted by atomic mass is 16.7. The molecule has 1 heterocycles. The average Bonchev–Trinajstić information content (AvgIpc) is 1.69. The van der Waals surface area contributed by atoms with E-state index in [1.54, 1.807) is 0 Å². The smallest absolute Gasteiger partial charge is 0.313 e. The molecule has 0 radical (unpaired) electrons. The van der Waals surface area contributed by atoms with Crippen LogP contribution in [-0.2, 0) is 85.6 Å². The van der Waals surface area contributed by atoms with Crippen molar-refractivity contribution in [3.8, 4) is 0 Å². The van der Waals surface area contributed by atoms with Gasteiger partial charge in [-0.15, -0.1) is 0 Å². The summed E-state index contributed by atoms with van der Waals surface area (Å²) in [4.78, 5) is 71.9. The lowest BCUT2D eigenvalue weighted by molar-refractivity contribution is -0.230. The van der Waals surface area contributed by atoms with Gasteiger partial charge in [0.25, 0.3) is 0 Å². The normalized spacial score (nSPS) is 30.2. The van der Waals surface area contributed by atoms with Gasteiger partial charge in [0.1, 0.15) is 0 Å². The lowest BCUT2D eigenvalue weighted by Gasteiger charge is -2.36. The summed E-state index contributed by atoms with van der Waals surface area (Å²) in [6.45, 7) is 50.9. The number of fused-ring (bicyclic) bond motifs is 10. The molecule has 632 valence electrons. The van der Waals surface area contributed by atoms with Gasteiger partial charge in [-0.2, -0.15) is 0 Å². The Kier molecular flexibility index (Phi) is 36.3. The van der Waals surface area contributed by atoms with E-state index in [-0.39, 0.29) is 78.0 Å². The molecular formula is C91H160O18. The first-order valence-corrected chi connectivity index (χ1v) is 44.0. The Bertz CT molecular complexity index is 2790. The Morgan fingerprint density at radius 1 is 0.376 bits per heavy atom. The van der Waals surface area contributed by atoms with Crippen LogP contribution in [0.3, 0.4) is 0 Å². The van der Waals surface area contributed by atoms with Gasteiger partial charge in [-0.25, -0.2) is 0 Å². The van der Waals surface area contributed by atoms with E-state index in [0.29, 0.717) is 54.5 Å². The van der Waals surface area contributed by atoms with Gasteiger partial charge in [0.15, 0.2) is 13.1 Å². The molecule has 18 nitrogen and oxygen atoms in total. The molecular weight excluding hydrogens is 1380 g/mol. The lowest BCUT2D eigenvalue weighted by atomic mass is 9.90. The number of carbonyl (C=O) groups is 6. The number of esters is 6. The summed E-state index contributed by atoms with van der Waals surface area (Å²) in [5, 5.41) is 0. The molecule has 109 heavy (non-hydrogen) atoms. The Balaban J connectivity index is 0.000000205. The standard InChI is InChI=1S/C18H32O3.C17H30O3.C16H28O3.2C15H26O3.C10H18O3/c1-7-18(5,6)15(19)21-16(17(2,3)4)20-14-11-12-8-9-13(14)10-12;1-6-17(4,5)16(18)20-15(11(2)3)19-14-10-12-7-8-13(14)9-12;1-5-14(19-15(17)16(3,4)6-2)18-13-10-11-7-8-12(13)9-11;1-5-15(3,4)14(16)18-10(2)17-13-9-11-6-7-12(13)8-11;1-4-15(2,3)14(16)18-10-17-9-13-8-11-5-6-12(13)7-11;1-4-10(2,3)9(11)13-8-6-5-7-12-8/h12-14,16H,7-11H2,1-6H3;11-15H,6-10H2,1-5H3;11-14H,5-10H2,1-4H3;10-13H,5-9H2,1-4H3;11-13H,4-10H2,1-3H3;8H,4-7H2,1-3H3. The first-order chi connectivity index (χ1) is 50.9. The summed E-state index contributed by atoms with van der Waals surface area (Å²) in [6, 6.07) is 0. The van der Waals surface area contributed by atoms with Crippen molar-refractivity contribution in [3.05, 3.63) is 0 Å². The van der Waals surface area contributed by atoms with Crippen LogP contribution in [0.2, 0.25) is 0 Å². The second kappa shape index (κ2) is 41.9. The van der Waals surface area contributed by atoms with Crippen LogP contribution >= 0.6 is 0 Å². The molecule has 0 aromatic carbocycles. The fraction of sp³-hybridized carbons (Fsp3) is 0.934. The van der Waals surface area contributed by atoms with Crippen LogP contribution in [0.4, 0.5) is 0 Å². The third kappa shape index (κ3) is 28.2. The van der Waals surface area contributed by atoms with E-state index >= 15 is 0 Å². The summed E-state index contributed by atoms with van der Waals surface area (Å²) < 4.78 is 68.0. The summed E-state index contributed by atoms with van der Waals surface area (Å²) in [5.41, 5.74) is -2.66. The van der Waals surface area contributed by atoms with Gasteiger partial charge in [0.05, 0.1) is 70.1 Å². The summed E-state index contributed by atoms with van der Waals surface area (Å²) >= 11 is 0. The topological polar surface area (TPSA) is 213 Å². The largest absolute Gasteiger partial charge is 0.438 e. The van der Waals surface area contributed by atoms with Crippen molar-refractivity contribution in [3.63, 3.8) is 0 Å². The average molecular weight is 1540 g/mol. The molecule has 0 aromatic rings. The van der Waals surface area contributed by atoms with Crippen LogP contribution in [0.25, 0.3) is 0 Å². The number of ether oxygens (including phenoxy) is 12. The van der Waals surface area contributed by atoms with E-state index in [9.17, 15) is 28.8 Å². The molecule has 11 fully saturated rings. The van der Waals surface area contributed by atoms with Crippen molar-refractivity contribution >= 4 is 35.8 Å². The lowest BCUT2D eigenvalue weighted by Crippen LogP contribution is -2.41. The Hall–Kier alpha value is -3.42. The van der Waals surface area contributed by atoms with Gasteiger partial charge in [-0.3, -0.25) is 28.8 Å². The molecule has 11 aliphatic rings. The van der Waals surface area contributed by atoms with Crippen LogP contribution in [0, 0.1) is 109 Å². The highest BCUT2D eigenvalue weighted by molar-refractivity contribution is 5.78. The molecule has 10 aliphatic carbocycles. The Morgan fingerprint density at radius 2 is 0.743 bits per heavy atom. The Morgan fingerprint density at radius 3 is 1.10 bits per heavy atom. The second-order valence-corrected chi connectivity index (χ2v) is 40.4. The minimum atomic E-state index is -0.444. The van der Waals surface area contributed by atoms with Crippen LogP contribution in [0.1, 0.15) is 359 Å². The molecule has 0 spiro atoms. The van der Waals surface area contributed by atoms with Crippen molar-refractivity contribution in [2.75, 3.05) is 20.0 Å². The van der Waals surface area contributed by atoms with E-state index in [1.165, 1.54) is 103 Å². The third-order valence-electron chi connectivity index (χ3n) is 27.8. The molecule has 11 rings (SSSR count). The van der Waals surface area contributed by atoms with Gasteiger partial charge in [0.2, 0.25) is 25.2 Å². The molecule has 0 N–H and O–H groups in total. The molecule has 1 saturated heterocycles. The number of carbonyl (C=O) groups excluding carboxylic acids is 6. The van der Waals surface area contributed by atoms with E-state index in [4.69, 9.17) is 56.8 Å². The summed E-state index contributed by atoms with van der Waals surface area (Å²) in [5.74, 6) is 8.04. The minimum absolute atomic E-state index is 0.121. The van der Waals surface area contributed by atoms with E-state index < -0.39 is 45.9 Å². The quantitative estimate of drug-likeness (QED) is 0.0273. The molecule has 0 aromatic heterocycles. The maximum Gasteiger partial charge on any atom is 0.313 e.